The Hall–Kier alpha value is -3.69. The lowest BCUT2D eigenvalue weighted by molar-refractivity contribution is -0.117. The van der Waals surface area contributed by atoms with Crippen LogP contribution in [0.15, 0.2) is 43.2 Å². The van der Waals surface area contributed by atoms with Gasteiger partial charge in [0.25, 0.3) is 0 Å². The van der Waals surface area contributed by atoms with Crippen molar-refractivity contribution in [1.29, 1.82) is 0 Å². The molecule has 1 aliphatic rings. The first-order valence-corrected chi connectivity index (χ1v) is 9.39. The number of hydrogen-bond acceptors (Lipinski definition) is 5. The molecule has 0 saturated heterocycles. The summed E-state index contributed by atoms with van der Waals surface area (Å²) in [6, 6.07) is 5.98. The third-order valence-electron chi connectivity index (χ3n) is 5.02. The van der Waals surface area contributed by atoms with E-state index in [1.165, 1.54) is 33.4 Å². The zero-order valence-corrected chi connectivity index (χ0v) is 16.0. The molecular formula is C20H17F2N7O. The second-order valence-corrected chi connectivity index (χ2v) is 7.44. The number of allylic oxidation sites excluding steroid dienone is 1. The zero-order valence-electron chi connectivity index (χ0n) is 16.0. The van der Waals surface area contributed by atoms with Crippen LogP contribution in [0.3, 0.4) is 0 Å². The lowest BCUT2D eigenvalue weighted by Crippen LogP contribution is -2.22. The van der Waals surface area contributed by atoms with Gasteiger partial charge < -0.3 is 5.32 Å². The van der Waals surface area contributed by atoms with Crippen molar-refractivity contribution in [2.24, 2.45) is 5.92 Å². The number of nitrogens with one attached hydrogen (secondary N) is 1. The summed E-state index contributed by atoms with van der Waals surface area (Å²) >= 11 is 0. The summed E-state index contributed by atoms with van der Waals surface area (Å²) in [5, 5.41) is 14.2. The fourth-order valence-electron chi connectivity index (χ4n) is 3.16. The van der Waals surface area contributed by atoms with Gasteiger partial charge >= 0.3 is 5.92 Å². The van der Waals surface area contributed by atoms with Gasteiger partial charge in [0.1, 0.15) is 5.69 Å². The Bertz CT molecular complexity index is 1320. The number of halogens is 2. The number of carbonyl (C=O) groups excluding carboxylic acids is 1. The molecule has 1 N–H and O–H groups in total. The number of amides is 1. The summed E-state index contributed by atoms with van der Waals surface area (Å²) in [6.45, 7) is 5.63. The van der Waals surface area contributed by atoms with Crippen molar-refractivity contribution in [3.8, 4) is 0 Å². The monoisotopic (exact) mass is 409 g/mol. The third-order valence-corrected chi connectivity index (χ3v) is 5.02. The van der Waals surface area contributed by atoms with Crippen LogP contribution < -0.4 is 5.32 Å². The molecule has 0 aromatic carbocycles. The van der Waals surface area contributed by atoms with Gasteiger partial charge in [-0.25, -0.2) is 9.50 Å². The molecule has 152 valence electrons. The molecule has 1 saturated carbocycles. The van der Waals surface area contributed by atoms with Crippen LogP contribution >= 0.6 is 0 Å². The van der Waals surface area contributed by atoms with Crippen LogP contribution in [0.5, 0.6) is 0 Å². The molecule has 0 bridgehead atoms. The summed E-state index contributed by atoms with van der Waals surface area (Å²) in [4.78, 5) is 16.1. The summed E-state index contributed by atoms with van der Waals surface area (Å²) in [5.41, 5.74) is 1.56. The molecule has 10 heteroatoms. The quantitative estimate of drug-likeness (QED) is 0.546. The molecule has 0 unspecified atom stereocenters. The van der Waals surface area contributed by atoms with Gasteiger partial charge in [-0.1, -0.05) is 6.58 Å². The topological polar surface area (TPSA) is 89.5 Å². The van der Waals surface area contributed by atoms with Crippen LogP contribution in [0.25, 0.3) is 16.9 Å². The highest BCUT2D eigenvalue weighted by atomic mass is 19.3. The lowest BCUT2D eigenvalue weighted by Gasteiger charge is -2.14. The second kappa shape index (κ2) is 6.41. The molecule has 30 heavy (non-hydrogen) atoms. The molecule has 1 fully saturated rings. The highest BCUT2D eigenvalue weighted by molar-refractivity contribution is 5.93. The highest BCUT2D eigenvalue weighted by Crippen LogP contribution is 2.34. The van der Waals surface area contributed by atoms with Crippen LogP contribution in [-0.4, -0.2) is 35.1 Å². The SMILES string of the molecule is C=C(C)c1ccc2nnc(C(F)(F)c3ccc4nc(NC(=O)C5CC5)cn4n3)n2c1. The Balaban J connectivity index is 1.53. The van der Waals surface area contributed by atoms with E-state index in [0.29, 0.717) is 16.9 Å². The van der Waals surface area contributed by atoms with Gasteiger partial charge in [-0.2, -0.15) is 13.9 Å². The van der Waals surface area contributed by atoms with E-state index in [-0.39, 0.29) is 17.6 Å². The second-order valence-electron chi connectivity index (χ2n) is 7.44. The summed E-state index contributed by atoms with van der Waals surface area (Å²) < 4.78 is 33.1. The Labute approximate surface area is 169 Å². The highest BCUT2D eigenvalue weighted by Gasteiger charge is 2.41. The average Bonchev–Trinajstić information content (AvgIpc) is 3.35. The van der Waals surface area contributed by atoms with Gasteiger partial charge in [-0.3, -0.25) is 9.20 Å². The van der Waals surface area contributed by atoms with Gasteiger partial charge in [0.15, 0.2) is 17.1 Å². The lowest BCUT2D eigenvalue weighted by atomic mass is 10.1. The molecule has 8 nitrogen and oxygen atoms in total. The minimum atomic E-state index is -3.51. The minimum Gasteiger partial charge on any atom is -0.309 e. The van der Waals surface area contributed by atoms with E-state index in [4.69, 9.17) is 0 Å². The fraction of sp³-hybridized carbons (Fsp3) is 0.250. The first-order valence-electron chi connectivity index (χ1n) is 9.39. The maximum Gasteiger partial charge on any atom is 0.350 e. The molecule has 0 atom stereocenters. The van der Waals surface area contributed by atoms with Crippen molar-refractivity contribution in [3.63, 3.8) is 0 Å². The number of carbonyl (C=O) groups is 1. The molecule has 0 spiro atoms. The molecule has 5 rings (SSSR count). The maximum atomic E-state index is 15.3. The molecule has 0 radical (unpaired) electrons. The number of nitrogens with zero attached hydrogens (tertiary/aromatic N) is 6. The van der Waals surface area contributed by atoms with Crippen molar-refractivity contribution in [2.75, 3.05) is 5.32 Å². The number of rotatable bonds is 5. The van der Waals surface area contributed by atoms with Crippen LogP contribution in [-0.2, 0) is 10.7 Å². The molecule has 4 heterocycles. The van der Waals surface area contributed by atoms with E-state index in [9.17, 15) is 4.79 Å². The number of alkyl halides is 2. The van der Waals surface area contributed by atoms with Crippen LogP contribution in [0.1, 0.15) is 36.8 Å². The van der Waals surface area contributed by atoms with Crippen LogP contribution in [0.2, 0.25) is 0 Å². The molecule has 4 aromatic heterocycles. The number of anilines is 1. The van der Waals surface area contributed by atoms with Crippen LogP contribution in [0.4, 0.5) is 14.6 Å². The van der Waals surface area contributed by atoms with Gasteiger partial charge in [0.2, 0.25) is 11.7 Å². The number of pyridine rings is 1. The molecule has 4 aromatic rings. The molecule has 0 aliphatic heterocycles. The zero-order chi connectivity index (χ0) is 21.0. The Morgan fingerprint density at radius 3 is 2.67 bits per heavy atom. The maximum absolute atomic E-state index is 15.3. The van der Waals surface area contributed by atoms with E-state index in [0.717, 1.165) is 18.4 Å². The summed E-state index contributed by atoms with van der Waals surface area (Å²) in [7, 11) is 0. The van der Waals surface area contributed by atoms with Gasteiger partial charge in [0.05, 0.1) is 6.20 Å². The van der Waals surface area contributed by atoms with E-state index in [1.807, 2.05) is 0 Å². The van der Waals surface area contributed by atoms with E-state index in [1.54, 1.807) is 19.1 Å². The third kappa shape index (κ3) is 3.00. The van der Waals surface area contributed by atoms with Gasteiger partial charge in [0, 0.05) is 12.1 Å². The fourth-order valence-corrected chi connectivity index (χ4v) is 3.16. The smallest absolute Gasteiger partial charge is 0.309 e. The Morgan fingerprint density at radius 1 is 1.17 bits per heavy atom. The molecular weight excluding hydrogens is 392 g/mol. The molecule has 1 aliphatic carbocycles. The van der Waals surface area contributed by atoms with E-state index >= 15 is 8.78 Å². The number of hydrogen-bond donors (Lipinski definition) is 1. The number of imidazole rings is 1. The van der Waals surface area contributed by atoms with Crippen molar-refractivity contribution >= 4 is 28.6 Å². The number of fused-ring (bicyclic) bond motifs is 2. The largest absolute Gasteiger partial charge is 0.350 e. The first kappa shape index (κ1) is 18.3. The Morgan fingerprint density at radius 2 is 1.93 bits per heavy atom. The summed E-state index contributed by atoms with van der Waals surface area (Å²) in [5.74, 6) is -3.89. The summed E-state index contributed by atoms with van der Waals surface area (Å²) in [6.07, 6.45) is 4.65. The number of aromatic nitrogens is 6. The predicted octanol–water partition coefficient (Wildman–Crippen LogP) is 3.29. The van der Waals surface area contributed by atoms with Crippen molar-refractivity contribution < 1.29 is 13.6 Å². The van der Waals surface area contributed by atoms with Gasteiger partial charge in [-0.15, -0.1) is 10.2 Å². The van der Waals surface area contributed by atoms with E-state index < -0.39 is 17.4 Å². The average molecular weight is 409 g/mol. The van der Waals surface area contributed by atoms with Crippen LogP contribution in [0, 0.1) is 5.92 Å². The van der Waals surface area contributed by atoms with Crippen molar-refractivity contribution in [1.82, 2.24) is 29.2 Å². The first-order chi connectivity index (χ1) is 14.3. The van der Waals surface area contributed by atoms with Gasteiger partial charge in [-0.05, 0) is 55.2 Å². The Kier molecular flexibility index (Phi) is 3.92. The van der Waals surface area contributed by atoms with Crippen molar-refractivity contribution in [2.45, 2.75) is 25.7 Å². The predicted molar refractivity (Wildman–Crippen MR) is 105 cm³/mol. The van der Waals surface area contributed by atoms with Crippen molar-refractivity contribution in [3.05, 3.63) is 60.3 Å². The van der Waals surface area contributed by atoms with E-state index in [2.05, 4.69) is 32.2 Å². The standard InChI is InChI=1S/C20H17F2N7O/c1-11(2)13-5-7-17-25-26-19(28(17)9-13)20(21,22)14-6-8-16-23-15(10-29(16)27-14)24-18(30)12-3-4-12/h5-10,12H,1,3-4H2,2H3,(H,24,30). The molecule has 1 amide bonds. The normalized spacial score (nSPS) is 14.4. The minimum absolute atomic E-state index is 0.00739.